The molecule has 0 aliphatic rings. The zero-order valence-corrected chi connectivity index (χ0v) is 33.6. The van der Waals surface area contributed by atoms with E-state index < -0.39 is 18.9 Å². The third-order valence-electron chi connectivity index (χ3n) is 11.4. The maximum atomic E-state index is 9.56. The first-order valence-electron chi connectivity index (χ1n) is 19.0. The Morgan fingerprint density at radius 3 is 0.964 bits per heavy atom. The fourth-order valence-corrected chi connectivity index (χ4v) is 25.9. The van der Waals surface area contributed by atoms with Gasteiger partial charge in [-0.05, 0) is 0 Å². The summed E-state index contributed by atoms with van der Waals surface area (Å²) < 4.78 is -0.909. The van der Waals surface area contributed by atoms with E-state index in [9.17, 15) is 11.6 Å². The zero-order chi connectivity index (χ0) is 37.6. The molecule has 8 aromatic carbocycles. The first-order chi connectivity index (χ1) is 27.1. The van der Waals surface area contributed by atoms with Gasteiger partial charge in [-0.2, -0.15) is 0 Å². The molecule has 0 spiro atoms. The fourth-order valence-electron chi connectivity index (χ4n) is 9.17. The van der Waals surface area contributed by atoms with Crippen molar-refractivity contribution >= 4 is 64.0 Å². The number of alkyl halides is 1. The molecular formula is C52H45ClP2. The summed E-state index contributed by atoms with van der Waals surface area (Å²) in [6.07, 6.45) is 2.57. The van der Waals surface area contributed by atoms with E-state index in [-0.39, 0.29) is 0 Å². The van der Waals surface area contributed by atoms with E-state index in [1.807, 2.05) is 6.08 Å². The van der Waals surface area contributed by atoms with E-state index >= 15 is 0 Å². The van der Waals surface area contributed by atoms with Crippen molar-refractivity contribution in [3.05, 3.63) is 248 Å². The summed E-state index contributed by atoms with van der Waals surface area (Å²) in [7, 11) is -6.77. The molecule has 8 rings (SSSR count). The molecule has 0 saturated carbocycles. The van der Waals surface area contributed by atoms with E-state index in [0.29, 0.717) is 6.42 Å². The third-order valence-corrected chi connectivity index (χ3v) is 25.4. The van der Waals surface area contributed by atoms with Gasteiger partial charge in [0, 0.05) is 0 Å². The van der Waals surface area contributed by atoms with Crippen LogP contribution in [-0.4, -0.2) is 4.36 Å². The molecule has 0 atom stereocenters. The monoisotopic (exact) mass is 766 g/mol. The van der Waals surface area contributed by atoms with Crippen LogP contribution in [0, 0.1) is 0 Å². The van der Waals surface area contributed by atoms with Crippen LogP contribution in [0.25, 0.3) is 17.2 Å². The van der Waals surface area contributed by atoms with E-state index in [0.717, 1.165) is 11.1 Å². The van der Waals surface area contributed by atoms with Gasteiger partial charge < -0.3 is 0 Å². The van der Waals surface area contributed by atoms with Crippen molar-refractivity contribution in [3.63, 3.8) is 0 Å². The topological polar surface area (TPSA) is 0 Å². The third kappa shape index (κ3) is 6.30. The SMILES string of the molecule is C=Cc1ccccc1-c1ccccc1CC(Cl)([PH](c1ccccc1)(c1ccccc1)c1ccccc1)[PH](c1ccccc1)(c1ccccc1)c1ccccc1. The van der Waals surface area contributed by atoms with Gasteiger partial charge in [-0.1, -0.05) is 0 Å². The van der Waals surface area contributed by atoms with Gasteiger partial charge in [0.25, 0.3) is 0 Å². The van der Waals surface area contributed by atoms with Crippen molar-refractivity contribution in [2.75, 3.05) is 0 Å². The number of rotatable bonds is 12. The number of halogens is 1. The molecule has 270 valence electrons. The van der Waals surface area contributed by atoms with Gasteiger partial charge in [0.2, 0.25) is 0 Å². The van der Waals surface area contributed by atoms with Gasteiger partial charge in [-0.15, -0.1) is 0 Å². The molecule has 0 saturated heterocycles. The first kappa shape index (κ1) is 36.6. The van der Waals surface area contributed by atoms with Gasteiger partial charge in [-0.3, -0.25) is 0 Å². The molecule has 0 heterocycles. The summed E-state index contributed by atoms with van der Waals surface area (Å²) in [5.41, 5.74) is 4.65. The normalized spacial score (nSPS) is 13.3. The Labute approximate surface area is 332 Å². The van der Waals surface area contributed by atoms with Crippen molar-refractivity contribution in [2.24, 2.45) is 0 Å². The number of hydrogen-bond donors (Lipinski definition) is 0. The Kier molecular flexibility index (Phi) is 10.8. The molecule has 0 bridgehead atoms. The van der Waals surface area contributed by atoms with E-state index in [1.54, 1.807) is 0 Å². The molecule has 0 aromatic heterocycles. The minimum absolute atomic E-state index is 0.603. The standard InChI is InChI=1S/C52H45ClP2/c1-2-42-25-21-23-39-50(42)51-40-24-22-26-43(51)41-52(53,54(44-27-9-3-10-28-44,45-29-11-4-12-30-45)46-31-13-5-14-32-46)55(47-33-15-6-16-34-47,48-35-17-7-18-36-48)49-37-19-8-20-38-49/h2-40,54-55H,1,41H2. The molecule has 3 heteroatoms. The minimum atomic E-state index is -3.38. The van der Waals surface area contributed by atoms with Gasteiger partial charge in [-0.25, -0.2) is 0 Å². The van der Waals surface area contributed by atoms with Crippen LogP contribution in [0.5, 0.6) is 0 Å². The molecule has 0 aliphatic carbocycles. The summed E-state index contributed by atoms with van der Waals surface area (Å²) in [5.74, 6) is 0. The fraction of sp³-hybridized carbons (Fsp3) is 0.0385. The molecule has 0 fully saturated rings. The van der Waals surface area contributed by atoms with Crippen LogP contribution in [0.2, 0.25) is 0 Å². The Morgan fingerprint density at radius 2 is 0.636 bits per heavy atom. The van der Waals surface area contributed by atoms with Crippen molar-refractivity contribution in [1.29, 1.82) is 0 Å². The maximum absolute atomic E-state index is 9.56. The molecule has 0 nitrogen and oxygen atoms in total. The summed E-state index contributed by atoms with van der Waals surface area (Å²) in [5, 5.41) is 7.70. The zero-order valence-electron chi connectivity index (χ0n) is 30.8. The quantitative estimate of drug-likeness (QED) is 0.0858. The molecule has 0 aliphatic heterocycles. The van der Waals surface area contributed by atoms with E-state index in [2.05, 4.69) is 237 Å². The Balaban J connectivity index is 1.64. The Morgan fingerprint density at radius 1 is 0.364 bits per heavy atom. The van der Waals surface area contributed by atoms with Crippen LogP contribution in [-0.2, 0) is 6.42 Å². The van der Waals surface area contributed by atoms with E-state index in [1.165, 1.54) is 43.0 Å². The average molecular weight is 767 g/mol. The van der Waals surface area contributed by atoms with Crippen LogP contribution >= 0.6 is 26.1 Å². The van der Waals surface area contributed by atoms with Crippen LogP contribution in [0.4, 0.5) is 0 Å². The van der Waals surface area contributed by atoms with E-state index in [4.69, 9.17) is 0 Å². The van der Waals surface area contributed by atoms with Gasteiger partial charge in [0.15, 0.2) is 0 Å². The van der Waals surface area contributed by atoms with Crippen molar-refractivity contribution in [1.82, 2.24) is 0 Å². The summed E-state index contributed by atoms with van der Waals surface area (Å²) in [4.78, 5) is 0. The Hall–Kier alpha value is -5.35. The predicted octanol–water partition coefficient (Wildman–Crippen LogP) is 10.9. The summed E-state index contributed by atoms with van der Waals surface area (Å²) in [6, 6.07) is 84.9. The van der Waals surface area contributed by atoms with Crippen LogP contribution < -0.4 is 31.8 Å². The van der Waals surface area contributed by atoms with Crippen molar-refractivity contribution in [3.8, 4) is 11.1 Å². The second kappa shape index (κ2) is 16.2. The predicted molar refractivity (Wildman–Crippen MR) is 247 cm³/mol. The van der Waals surface area contributed by atoms with Crippen LogP contribution in [0.1, 0.15) is 11.1 Å². The van der Waals surface area contributed by atoms with Gasteiger partial charge >= 0.3 is 334 Å². The molecule has 55 heavy (non-hydrogen) atoms. The number of hydrogen-bond acceptors (Lipinski definition) is 0. The van der Waals surface area contributed by atoms with Crippen LogP contribution in [0.3, 0.4) is 0 Å². The van der Waals surface area contributed by atoms with Crippen molar-refractivity contribution in [2.45, 2.75) is 10.8 Å². The molecule has 0 unspecified atom stereocenters. The number of benzene rings is 8. The van der Waals surface area contributed by atoms with Crippen LogP contribution in [0.15, 0.2) is 237 Å². The Bertz CT molecular complexity index is 2150. The molecule has 8 aromatic rings. The second-order valence-corrected chi connectivity index (χ2v) is 24.1. The summed E-state index contributed by atoms with van der Waals surface area (Å²) in [6.45, 7) is 4.23. The molecular weight excluding hydrogens is 722 g/mol. The van der Waals surface area contributed by atoms with Crippen molar-refractivity contribution < 1.29 is 0 Å². The molecule has 0 radical (unpaired) electrons. The van der Waals surface area contributed by atoms with Gasteiger partial charge in [0.1, 0.15) is 0 Å². The van der Waals surface area contributed by atoms with Gasteiger partial charge in [0.05, 0.1) is 0 Å². The first-order valence-corrected chi connectivity index (χ1v) is 23.3. The second-order valence-electron chi connectivity index (χ2n) is 14.1. The summed E-state index contributed by atoms with van der Waals surface area (Å²) >= 11 is 9.56. The average Bonchev–Trinajstić information content (AvgIpc) is 3.27. The molecule has 0 amide bonds. The molecule has 0 N–H and O–H groups in total.